The second-order valence-corrected chi connectivity index (χ2v) is 4.86. The van der Waals surface area contributed by atoms with E-state index in [1.165, 1.54) is 23.5 Å². The molecule has 0 spiro atoms. The van der Waals surface area contributed by atoms with Gasteiger partial charge in [0.25, 0.3) is 0 Å². The molecule has 0 bridgehead atoms. The maximum Gasteiger partial charge on any atom is 0.154 e. The summed E-state index contributed by atoms with van der Waals surface area (Å²) >= 11 is 3.02. The molecule has 0 saturated heterocycles. The van der Waals surface area contributed by atoms with Gasteiger partial charge in [0.05, 0.1) is 13.1 Å². The monoisotopic (exact) mass is 338 g/mol. The van der Waals surface area contributed by atoms with Crippen LogP contribution >= 0.6 is 40.5 Å². The molecular formula is C10H19BrN4S2. The Morgan fingerprint density at radius 2 is 1.29 bits per heavy atom. The molecule has 0 aliphatic heterocycles. The van der Waals surface area contributed by atoms with Crippen molar-refractivity contribution in [2.75, 3.05) is 24.6 Å². The highest BCUT2D eigenvalue weighted by molar-refractivity contribution is 8.93. The Bertz CT molecular complexity index is 251. The molecule has 0 aliphatic carbocycles. The van der Waals surface area contributed by atoms with Crippen LogP contribution in [0.5, 0.6) is 0 Å². The molecule has 0 aromatic carbocycles. The zero-order chi connectivity index (χ0) is 12.2. The molecule has 7 heteroatoms. The van der Waals surface area contributed by atoms with E-state index in [4.69, 9.17) is 11.5 Å². The number of amidine groups is 2. The number of nitrogens with zero attached hydrogens (tertiary/aromatic N) is 2. The molecule has 0 fully saturated rings. The first-order valence-electron chi connectivity index (χ1n) is 4.78. The van der Waals surface area contributed by atoms with E-state index in [9.17, 15) is 0 Å². The summed E-state index contributed by atoms with van der Waals surface area (Å²) < 4.78 is 0. The van der Waals surface area contributed by atoms with Crippen LogP contribution in [-0.4, -0.2) is 34.9 Å². The maximum atomic E-state index is 5.64. The van der Waals surface area contributed by atoms with Gasteiger partial charge in [0.1, 0.15) is 0 Å². The minimum Gasteiger partial charge on any atom is -0.379 e. The van der Waals surface area contributed by atoms with Gasteiger partial charge < -0.3 is 11.5 Å². The molecule has 98 valence electrons. The first kappa shape index (κ1) is 19.0. The molecule has 4 N–H and O–H groups in total. The summed E-state index contributed by atoms with van der Waals surface area (Å²) in [6.07, 6.45) is 3.42. The van der Waals surface area contributed by atoms with Crippen LogP contribution in [0.15, 0.2) is 35.3 Å². The van der Waals surface area contributed by atoms with Crippen LogP contribution in [0, 0.1) is 0 Å². The van der Waals surface area contributed by atoms with Crippen LogP contribution < -0.4 is 11.5 Å². The number of aliphatic imine (C=N–C) groups is 2. The predicted molar refractivity (Wildman–Crippen MR) is 88.6 cm³/mol. The van der Waals surface area contributed by atoms with E-state index >= 15 is 0 Å². The third-order valence-electron chi connectivity index (χ3n) is 1.34. The first-order chi connectivity index (χ1) is 7.70. The molecule has 0 aliphatic rings. The number of hydrogen-bond acceptors (Lipinski definition) is 4. The second-order valence-electron chi connectivity index (χ2n) is 2.63. The van der Waals surface area contributed by atoms with Gasteiger partial charge in [0.15, 0.2) is 10.3 Å². The number of hydrogen-bond donors (Lipinski definition) is 2. The lowest BCUT2D eigenvalue weighted by Crippen LogP contribution is -2.11. The summed E-state index contributed by atoms with van der Waals surface area (Å²) in [6, 6.07) is 0. The summed E-state index contributed by atoms with van der Waals surface area (Å²) in [5.74, 6) is 1.73. The quantitative estimate of drug-likeness (QED) is 0.322. The minimum atomic E-state index is 0. The van der Waals surface area contributed by atoms with Gasteiger partial charge in [-0.15, -0.1) is 30.1 Å². The van der Waals surface area contributed by atoms with E-state index in [0.717, 1.165) is 11.5 Å². The summed E-state index contributed by atoms with van der Waals surface area (Å²) in [5, 5.41) is 1.17. The average molecular weight is 339 g/mol. The molecule has 0 aromatic rings. The SMILES string of the molecule is Br.C=CCN=C(N)SCCSC(N)=NCC=C. The molecule has 0 heterocycles. The van der Waals surface area contributed by atoms with Crippen molar-refractivity contribution in [1.29, 1.82) is 0 Å². The molecule has 0 rings (SSSR count). The Hall–Kier alpha value is -0.400. The molecule has 0 radical (unpaired) electrons. The predicted octanol–water partition coefficient (Wildman–Crippen LogP) is 2.03. The van der Waals surface area contributed by atoms with Crippen LogP contribution in [0.3, 0.4) is 0 Å². The van der Waals surface area contributed by atoms with E-state index in [0.29, 0.717) is 23.4 Å². The first-order valence-corrected chi connectivity index (χ1v) is 6.75. The van der Waals surface area contributed by atoms with Gasteiger partial charge in [-0.2, -0.15) is 0 Å². The van der Waals surface area contributed by atoms with Crippen LogP contribution in [0.2, 0.25) is 0 Å². The molecule has 17 heavy (non-hydrogen) atoms. The van der Waals surface area contributed by atoms with Gasteiger partial charge in [-0.1, -0.05) is 35.7 Å². The summed E-state index contributed by atoms with van der Waals surface area (Å²) in [6.45, 7) is 8.26. The Labute approximate surface area is 122 Å². The van der Waals surface area contributed by atoms with Crippen LogP contribution in [0.4, 0.5) is 0 Å². The Balaban J connectivity index is 0. The van der Waals surface area contributed by atoms with E-state index in [-0.39, 0.29) is 17.0 Å². The highest BCUT2D eigenvalue weighted by atomic mass is 79.9. The third-order valence-corrected chi connectivity index (χ3v) is 3.26. The topological polar surface area (TPSA) is 76.8 Å². The van der Waals surface area contributed by atoms with Crippen molar-refractivity contribution in [3.05, 3.63) is 25.3 Å². The largest absolute Gasteiger partial charge is 0.379 e. The molecule has 0 atom stereocenters. The molecule has 0 unspecified atom stereocenters. The number of halogens is 1. The normalized spacial score (nSPS) is 11.8. The zero-order valence-electron chi connectivity index (χ0n) is 9.67. The average Bonchev–Trinajstić information content (AvgIpc) is 2.29. The lowest BCUT2D eigenvalue weighted by molar-refractivity contribution is 1.25. The van der Waals surface area contributed by atoms with E-state index in [1.807, 2.05) is 0 Å². The molecule has 4 nitrogen and oxygen atoms in total. The fraction of sp³-hybridized carbons (Fsp3) is 0.400. The fourth-order valence-corrected chi connectivity index (χ4v) is 2.11. The molecule has 0 aromatic heterocycles. The van der Waals surface area contributed by atoms with Crippen molar-refractivity contribution < 1.29 is 0 Å². The van der Waals surface area contributed by atoms with E-state index < -0.39 is 0 Å². The second kappa shape index (κ2) is 13.7. The standard InChI is InChI=1S/C10H18N4S2.BrH/c1-3-5-13-9(11)15-7-8-16-10(12)14-6-4-2;/h3-4H,1-2,5-8H2,(H2,11,13)(H2,12,14);1H. The Morgan fingerprint density at radius 3 is 1.59 bits per heavy atom. The van der Waals surface area contributed by atoms with Crippen molar-refractivity contribution in [3.63, 3.8) is 0 Å². The Kier molecular flexibility index (Phi) is 15.2. The van der Waals surface area contributed by atoms with E-state index in [1.54, 1.807) is 12.2 Å². The highest BCUT2D eigenvalue weighted by Gasteiger charge is 1.96. The van der Waals surface area contributed by atoms with Crippen molar-refractivity contribution >= 4 is 50.8 Å². The number of nitrogens with two attached hydrogens (primary N) is 2. The highest BCUT2D eigenvalue weighted by Crippen LogP contribution is 2.07. The molecular weight excluding hydrogens is 320 g/mol. The van der Waals surface area contributed by atoms with E-state index in [2.05, 4.69) is 23.1 Å². The molecule has 0 amide bonds. The minimum absolute atomic E-state index is 0. The summed E-state index contributed by atoms with van der Waals surface area (Å²) in [7, 11) is 0. The number of thioether (sulfide) groups is 2. The third kappa shape index (κ3) is 13.5. The van der Waals surface area contributed by atoms with Crippen molar-refractivity contribution in [2.24, 2.45) is 21.5 Å². The van der Waals surface area contributed by atoms with Gasteiger partial charge in [0, 0.05) is 11.5 Å². The Morgan fingerprint density at radius 1 is 0.941 bits per heavy atom. The lowest BCUT2D eigenvalue weighted by Gasteiger charge is -2.00. The van der Waals surface area contributed by atoms with Gasteiger partial charge in [-0.3, -0.25) is 9.98 Å². The van der Waals surface area contributed by atoms with Crippen LogP contribution in [0.25, 0.3) is 0 Å². The van der Waals surface area contributed by atoms with Gasteiger partial charge in [-0.25, -0.2) is 0 Å². The lowest BCUT2D eigenvalue weighted by atomic mass is 10.7. The summed E-state index contributed by atoms with van der Waals surface area (Å²) in [4.78, 5) is 8.13. The van der Waals surface area contributed by atoms with Crippen molar-refractivity contribution in [3.8, 4) is 0 Å². The van der Waals surface area contributed by atoms with Gasteiger partial charge in [-0.05, 0) is 0 Å². The van der Waals surface area contributed by atoms with Crippen molar-refractivity contribution in [1.82, 2.24) is 0 Å². The van der Waals surface area contributed by atoms with Crippen LogP contribution in [-0.2, 0) is 0 Å². The van der Waals surface area contributed by atoms with Gasteiger partial charge >= 0.3 is 0 Å². The summed E-state index contributed by atoms with van der Waals surface area (Å²) in [5.41, 5.74) is 11.3. The fourth-order valence-electron chi connectivity index (χ4n) is 0.693. The van der Waals surface area contributed by atoms with Crippen LogP contribution in [0.1, 0.15) is 0 Å². The maximum absolute atomic E-state index is 5.64. The molecule has 0 saturated carbocycles. The number of rotatable bonds is 7. The smallest absolute Gasteiger partial charge is 0.154 e. The van der Waals surface area contributed by atoms with Crippen molar-refractivity contribution in [2.45, 2.75) is 0 Å². The zero-order valence-corrected chi connectivity index (χ0v) is 13.0. The van der Waals surface area contributed by atoms with Gasteiger partial charge in [0.2, 0.25) is 0 Å².